The van der Waals surface area contributed by atoms with Gasteiger partial charge in [-0.15, -0.1) is 23.1 Å². The summed E-state index contributed by atoms with van der Waals surface area (Å²) in [4.78, 5) is 14.0. The molecule has 3 nitrogen and oxygen atoms in total. The molecule has 3 rings (SSSR count). The number of rotatable bonds is 3. The number of hydrogen-bond donors (Lipinski definition) is 2. The van der Waals surface area contributed by atoms with Gasteiger partial charge in [-0.1, -0.05) is 13.3 Å². The maximum absolute atomic E-state index is 12.6. The first-order valence-electron chi connectivity index (χ1n) is 7.23. The van der Waals surface area contributed by atoms with Crippen molar-refractivity contribution < 1.29 is 9.90 Å². The summed E-state index contributed by atoms with van der Waals surface area (Å²) in [6, 6.07) is 2.21. The number of carbonyl (C=O) groups excluding carboxylic acids is 1. The fourth-order valence-corrected chi connectivity index (χ4v) is 5.58. The van der Waals surface area contributed by atoms with E-state index < -0.39 is 0 Å². The Hall–Kier alpha value is -0.520. The highest BCUT2D eigenvalue weighted by molar-refractivity contribution is 8.00. The van der Waals surface area contributed by atoms with Crippen LogP contribution < -0.4 is 5.32 Å². The lowest BCUT2D eigenvalue weighted by Crippen LogP contribution is -2.46. The number of aliphatic hydroxyl groups is 1. The number of nitrogens with one attached hydrogen (secondary N) is 1. The van der Waals surface area contributed by atoms with E-state index in [4.69, 9.17) is 0 Å². The van der Waals surface area contributed by atoms with Gasteiger partial charge in [0.1, 0.15) is 5.25 Å². The highest BCUT2D eigenvalue weighted by Gasteiger charge is 2.40. The maximum Gasteiger partial charge on any atom is 0.237 e. The van der Waals surface area contributed by atoms with Crippen molar-refractivity contribution in [3.63, 3.8) is 0 Å². The highest BCUT2D eigenvalue weighted by atomic mass is 32.2. The Labute approximate surface area is 128 Å². The van der Waals surface area contributed by atoms with E-state index in [1.54, 1.807) is 23.1 Å². The van der Waals surface area contributed by atoms with Gasteiger partial charge < -0.3 is 10.4 Å². The van der Waals surface area contributed by atoms with Crippen molar-refractivity contribution in [2.75, 3.05) is 12.4 Å². The van der Waals surface area contributed by atoms with E-state index in [1.165, 1.54) is 10.4 Å². The van der Waals surface area contributed by atoms with Crippen LogP contribution in [0.4, 0.5) is 0 Å². The Kier molecular flexibility index (Phi) is 4.11. The standard InChI is InChI=1S/C15H21NO2S2/c1-15(9-17)6-2-3-12(15)16-14(18)13-10-4-7-19-11(10)5-8-20-13/h4,7,12-13,17H,2-3,5-6,8-9H2,1H3,(H,16,18). The predicted octanol–water partition coefficient (Wildman–Crippen LogP) is 2.75. The molecular formula is C15H21NO2S2. The third-order valence-electron chi connectivity index (χ3n) is 4.67. The number of amides is 1. The summed E-state index contributed by atoms with van der Waals surface area (Å²) in [7, 11) is 0. The van der Waals surface area contributed by atoms with Crippen LogP contribution in [0.5, 0.6) is 0 Å². The van der Waals surface area contributed by atoms with E-state index in [9.17, 15) is 9.90 Å². The average molecular weight is 311 g/mol. The lowest BCUT2D eigenvalue weighted by atomic mass is 9.85. The van der Waals surface area contributed by atoms with Gasteiger partial charge in [0.2, 0.25) is 5.91 Å². The third kappa shape index (κ3) is 2.51. The number of fused-ring (bicyclic) bond motifs is 1. The predicted molar refractivity (Wildman–Crippen MR) is 84.2 cm³/mol. The Morgan fingerprint density at radius 1 is 1.60 bits per heavy atom. The van der Waals surface area contributed by atoms with Gasteiger partial charge in [-0.05, 0) is 42.0 Å². The number of thiophene rings is 1. The van der Waals surface area contributed by atoms with Crippen LogP contribution in [0.1, 0.15) is 41.9 Å². The molecule has 1 saturated carbocycles. The number of hydrogen-bond acceptors (Lipinski definition) is 4. The molecular weight excluding hydrogens is 290 g/mol. The van der Waals surface area contributed by atoms with E-state index in [1.807, 2.05) is 0 Å². The molecule has 110 valence electrons. The van der Waals surface area contributed by atoms with Gasteiger partial charge in [0.25, 0.3) is 0 Å². The molecule has 1 aliphatic carbocycles. The van der Waals surface area contributed by atoms with Crippen LogP contribution >= 0.6 is 23.1 Å². The summed E-state index contributed by atoms with van der Waals surface area (Å²) < 4.78 is 0. The quantitative estimate of drug-likeness (QED) is 0.902. The van der Waals surface area contributed by atoms with Gasteiger partial charge >= 0.3 is 0 Å². The van der Waals surface area contributed by atoms with Crippen LogP contribution in [0.25, 0.3) is 0 Å². The molecule has 0 radical (unpaired) electrons. The van der Waals surface area contributed by atoms with Crippen LogP contribution in [-0.2, 0) is 11.2 Å². The van der Waals surface area contributed by atoms with Crippen molar-refractivity contribution in [3.05, 3.63) is 21.9 Å². The summed E-state index contributed by atoms with van der Waals surface area (Å²) in [6.07, 6.45) is 4.15. The second kappa shape index (κ2) is 5.70. The zero-order valence-electron chi connectivity index (χ0n) is 11.7. The lowest BCUT2D eigenvalue weighted by molar-refractivity contribution is -0.122. The summed E-state index contributed by atoms with van der Waals surface area (Å²) in [6.45, 7) is 2.23. The SMILES string of the molecule is CC1(CO)CCCC1NC(=O)C1SCCc2sccc21. The molecule has 2 heterocycles. The molecule has 3 atom stereocenters. The van der Waals surface area contributed by atoms with Gasteiger partial charge in [-0.3, -0.25) is 4.79 Å². The molecule has 0 bridgehead atoms. The average Bonchev–Trinajstić information content (AvgIpc) is 3.06. The minimum absolute atomic E-state index is 0.0615. The molecule has 5 heteroatoms. The van der Waals surface area contributed by atoms with Crippen molar-refractivity contribution in [1.29, 1.82) is 0 Å². The second-order valence-corrected chi connectivity index (χ2v) is 8.28. The molecule has 2 N–H and O–H groups in total. The molecule has 3 unspecified atom stereocenters. The van der Waals surface area contributed by atoms with Crippen LogP contribution in [0.15, 0.2) is 11.4 Å². The topological polar surface area (TPSA) is 49.3 Å². The Morgan fingerprint density at radius 2 is 2.45 bits per heavy atom. The van der Waals surface area contributed by atoms with Gasteiger partial charge in [-0.25, -0.2) is 0 Å². The number of carbonyl (C=O) groups is 1. The molecule has 1 aliphatic heterocycles. The van der Waals surface area contributed by atoms with Gasteiger partial charge in [0.15, 0.2) is 0 Å². The summed E-state index contributed by atoms with van der Waals surface area (Å²) in [5.41, 5.74) is 1.05. The van der Waals surface area contributed by atoms with Gasteiger partial charge in [0, 0.05) is 16.3 Å². The van der Waals surface area contributed by atoms with Crippen molar-refractivity contribution >= 4 is 29.0 Å². The van der Waals surface area contributed by atoms with E-state index in [2.05, 4.69) is 23.7 Å². The van der Waals surface area contributed by atoms with E-state index in [-0.39, 0.29) is 29.2 Å². The fraction of sp³-hybridized carbons (Fsp3) is 0.667. The minimum atomic E-state index is -0.146. The van der Waals surface area contributed by atoms with E-state index in [0.29, 0.717) is 0 Å². The van der Waals surface area contributed by atoms with Crippen molar-refractivity contribution in [1.82, 2.24) is 5.32 Å². The first-order valence-corrected chi connectivity index (χ1v) is 9.16. The zero-order valence-corrected chi connectivity index (χ0v) is 13.4. The van der Waals surface area contributed by atoms with E-state index in [0.717, 1.165) is 31.4 Å². The lowest BCUT2D eigenvalue weighted by Gasteiger charge is -2.32. The number of aliphatic hydroxyl groups excluding tert-OH is 1. The Morgan fingerprint density at radius 3 is 3.25 bits per heavy atom. The minimum Gasteiger partial charge on any atom is -0.396 e. The molecule has 1 amide bonds. The van der Waals surface area contributed by atoms with Crippen LogP contribution in [0.3, 0.4) is 0 Å². The van der Waals surface area contributed by atoms with Crippen LogP contribution in [-0.4, -0.2) is 29.4 Å². The molecule has 20 heavy (non-hydrogen) atoms. The number of aryl methyl sites for hydroxylation is 1. The fourth-order valence-electron chi connectivity index (χ4n) is 3.28. The third-order valence-corrected chi connectivity index (χ3v) is 6.91. The van der Waals surface area contributed by atoms with Gasteiger partial charge in [-0.2, -0.15) is 0 Å². The van der Waals surface area contributed by atoms with Crippen molar-refractivity contribution in [2.24, 2.45) is 5.41 Å². The molecule has 0 saturated heterocycles. The molecule has 2 aliphatic rings. The highest BCUT2D eigenvalue weighted by Crippen LogP contribution is 2.41. The van der Waals surface area contributed by atoms with Gasteiger partial charge in [0.05, 0.1) is 6.61 Å². The summed E-state index contributed by atoms with van der Waals surface area (Å²) >= 11 is 3.50. The van der Waals surface area contributed by atoms with Crippen LogP contribution in [0.2, 0.25) is 0 Å². The van der Waals surface area contributed by atoms with Crippen molar-refractivity contribution in [2.45, 2.75) is 43.9 Å². The van der Waals surface area contributed by atoms with Crippen LogP contribution in [0, 0.1) is 5.41 Å². The monoisotopic (exact) mass is 311 g/mol. The van der Waals surface area contributed by atoms with Crippen molar-refractivity contribution in [3.8, 4) is 0 Å². The maximum atomic E-state index is 12.6. The normalized spacial score (nSPS) is 32.9. The molecule has 0 spiro atoms. The largest absolute Gasteiger partial charge is 0.396 e. The molecule has 1 aromatic heterocycles. The summed E-state index contributed by atoms with van der Waals surface area (Å²) in [5, 5.41) is 14.8. The second-order valence-electron chi connectivity index (χ2n) is 6.07. The molecule has 1 fully saturated rings. The molecule has 1 aromatic rings. The number of thioether (sulfide) groups is 1. The first kappa shape index (κ1) is 14.4. The molecule has 0 aromatic carbocycles. The smallest absolute Gasteiger partial charge is 0.237 e. The Bertz CT molecular complexity index is 502. The van der Waals surface area contributed by atoms with E-state index >= 15 is 0 Å². The zero-order chi connectivity index (χ0) is 14.2. The first-order chi connectivity index (χ1) is 9.64. The Balaban J connectivity index is 1.72. The summed E-state index contributed by atoms with van der Waals surface area (Å²) in [5.74, 6) is 1.15.